The number of rotatable bonds is 6. The van der Waals surface area contributed by atoms with Gasteiger partial charge in [0.15, 0.2) is 6.29 Å². The Morgan fingerprint density at radius 2 is 1.65 bits per heavy atom. The quantitative estimate of drug-likeness (QED) is 0.684. The van der Waals surface area contributed by atoms with E-state index in [1.165, 1.54) is 20.7 Å². The molecule has 0 aliphatic heterocycles. The summed E-state index contributed by atoms with van der Waals surface area (Å²) < 4.78 is 4.71. The van der Waals surface area contributed by atoms with Crippen molar-refractivity contribution in [2.75, 3.05) is 31.2 Å². The summed E-state index contributed by atoms with van der Waals surface area (Å²) >= 11 is 4.86. The highest BCUT2D eigenvalue weighted by atomic mass is 32.1. The number of carbonyl (C=O) groups is 1. The standard InChI is InChI=1S/C13H13NO3S3/c15-3-1-14(2-4-16)11-6-10-13(20-11)12-9(19-10)5-8(7-17)18-12/h5-7,15-16H,1-4H2. The zero-order valence-corrected chi connectivity index (χ0v) is 13.0. The van der Waals surface area contributed by atoms with E-state index in [2.05, 4.69) is 6.07 Å². The minimum atomic E-state index is 0.0647. The Labute approximate surface area is 127 Å². The Morgan fingerprint density at radius 1 is 1.00 bits per heavy atom. The van der Waals surface area contributed by atoms with E-state index < -0.39 is 0 Å². The summed E-state index contributed by atoms with van der Waals surface area (Å²) in [6.45, 7) is 1.16. The van der Waals surface area contributed by atoms with Crippen LogP contribution < -0.4 is 4.90 Å². The van der Waals surface area contributed by atoms with E-state index in [9.17, 15) is 4.79 Å². The molecule has 3 rings (SSSR count). The van der Waals surface area contributed by atoms with Gasteiger partial charge in [-0.25, -0.2) is 0 Å². The molecule has 0 saturated carbocycles. The van der Waals surface area contributed by atoms with Gasteiger partial charge < -0.3 is 15.1 Å². The first-order valence-corrected chi connectivity index (χ1v) is 8.59. The number of hydrogen-bond donors (Lipinski definition) is 2. The number of aliphatic hydroxyl groups excluding tert-OH is 2. The van der Waals surface area contributed by atoms with E-state index in [-0.39, 0.29) is 13.2 Å². The van der Waals surface area contributed by atoms with E-state index in [4.69, 9.17) is 10.2 Å². The maximum Gasteiger partial charge on any atom is 0.160 e. The van der Waals surface area contributed by atoms with Crippen LogP contribution >= 0.6 is 34.0 Å². The van der Waals surface area contributed by atoms with Crippen molar-refractivity contribution in [1.29, 1.82) is 0 Å². The van der Waals surface area contributed by atoms with Crippen molar-refractivity contribution in [1.82, 2.24) is 0 Å². The monoisotopic (exact) mass is 327 g/mol. The summed E-state index contributed by atoms with van der Waals surface area (Å²) in [6.07, 6.45) is 0.890. The molecule has 0 bridgehead atoms. The molecule has 0 amide bonds. The van der Waals surface area contributed by atoms with E-state index in [0.29, 0.717) is 13.1 Å². The molecular weight excluding hydrogens is 314 g/mol. The highest BCUT2D eigenvalue weighted by molar-refractivity contribution is 7.39. The fraction of sp³-hybridized carbons (Fsp3) is 0.308. The summed E-state index contributed by atoms with van der Waals surface area (Å²) in [6, 6.07) is 4.03. The Morgan fingerprint density at radius 3 is 2.30 bits per heavy atom. The van der Waals surface area contributed by atoms with Crippen LogP contribution in [-0.4, -0.2) is 42.8 Å². The van der Waals surface area contributed by atoms with Crippen LogP contribution in [0.5, 0.6) is 0 Å². The average molecular weight is 327 g/mol. The summed E-state index contributed by atoms with van der Waals surface area (Å²) in [5.74, 6) is 0. The molecule has 3 aromatic rings. The Kier molecular flexibility index (Phi) is 4.04. The Bertz CT molecular complexity index is 737. The molecule has 3 aromatic heterocycles. The highest BCUT2D eigenvalue weighted by Crippen LogP contribution is 2.45. The van der Waals surface area contributed by atoms with Crippen LogP contribution in [0.2, 0.25) is 0 Å². The number of nitrogens with zero attached hydrogens (tertiary/aromatic N) is 1. The maximum atomic E-state index is 10.8. The first-order valence-electron chi connectivity index (χ1n) is 6.14. The van der Waals surface area contributed by atoms with Crippen LogP contribution in [0, 0.1) is 0 Å². The first kappa shape index (κ1) is 14.0. The molecule has 0 atom stereocenters. The van der Waals surface area contributed by atoms with Gasteiger partial charge in [0, 0.05) is 22.5 Å². The van der Waals surface area contributed by atoms with Gasteiger partial charge >= 0.3 is 0 Å². The Balaban J connectivity index is 2.04. The van der Waals surface area contributed by atoms with E-state index in [1.807, 2.05) is 11.0 Å². The van der Waals surface area contributed by atoms with Gasteiger partial charge in [0.2, 0.25) is 0 Å². The minimum absolute atomic E-state index is 0.0647. The van der Waals surface area contributed by atoms with Gasteiger partial charge in [-0.15, -0.1) is 34.0 Å². The van der Waals surface area contributed by atoms with Crippen LogP contribution in [0.25, 0.3) is 18.8 Å². The van der Waals surface area contributed by atoms with E-state index in [1.54, 1.807) is 22.7 Å². The summed E-state index contributed by atoms with van der Waals surface area (Å²) in [5, 5.41) is 19.3. The van der Waals surface area contributed by atoms with Gasteiger partial charge in [0.05, 0.1) is 32.5 Å². The molecule has 4 nitrogen and oxygen atoms in total. The maximum absolute atomic E-state index is 10.8. The minimum Gasteiger partial charge on any atom is -0.395 e. The first-order chi connectivity index (χ1) is 9.76. The molecule has 2 N–H and O–H groups in total. The molecule has 0 saturated heterocycles. The number of anilines is 1. The second-order valence-corrected chi connectivity index (χ2v) is 7.47. The lowest BCUT2D eigenvalue weighted by Crippen LogP contribution is -2.28. The van der Waals surface area contributed by atoms with Crippen LogP contribution in [-0.2, 0) is 0 Å². The average Bonchev–Trinajstić information content (AvgIpc) is 3.07. The second kappa shape index (κ2) is 5.79. The van der Waals surface area contributed by atoms with E-state index >= 15 is 0 Å². The van der Waals surface area contributed by atoms with E-state index in [0.717, 1.165) is 25.6 Å². The van der Waals surface area contributed by atoms with Crippen molar-refractivity contribution in [3.8, 4) is 0 Å². The summed E-state index contributed by atoms with van der Waals surface area (Å²) in [4.78, 5) is 13.6. The number of aliphatic hydroxyl groups is 2. The predicted octanol–water partition coefficient (Wildman–Crippen LogP) is 2.78. The lowest BCUT2D eigenvalue weighted by atomic mass is 10.4. The number of fused-ring (bicyclic) bond motifs is 3. The molecule has 106 valence electrons. The highest BCUT2D eigenvalue weighted by Gasteiger charge is 2.15. The van der Waals surface area contributed by atoms with Gasteiger partial charge in [-0.1, -0.05) is 0 Å². The summed E-state index contributed by atoms with van der Waals surface area (Å²) in [5.41, 5.74) is 0. The number of thiophene rings is 3. The number of aldehydes is 1. The molecule has 0 aliphatic rings. The van der Waals surface area contributed by atoms with Crippen molar-refractivity contribution < 1.29 is 15.0 Å². The number of hydrogen-bond acceptors (Lipinski definition) is 7. The fourth-order valence-electron chi connectivity index (χ4n) is 2.13. The van der Waals surface area contributed by atoms with Gasteiger partial charge in [0.1, 0.15) is 0 Å². The largest absolute Gasteiger partial charge is 0.395 e. The topological polar surface area (TPSA) is 60.8 Å². The molecule has 7 heteroatoms. The Hall–Kier alpha value is -0.990. The van der Waals surface area contributed by atoms with Gasteiger partial charge in [-0.3, -0.25) is 4.79 Å². The molecule has 0 aliphatic carbocycles. The molecular formula is C13H13NO3S3. The molecule has 3 heterocycles. The third-order valence-electron chi connectivity index (χ3n) is 3.00. The SMILES string of the molecule is O=Cc1cc2sc3cc(N(CCO)CCO)sc3c2s1. The third kappa shape index (κ3) is 2.36. The smallest absolute Gasteiger partial charge is 0.160 e. The van der Waals surface area contributed by atoms with Crippen LogP contribution in [0.15, 0.2) is 12.1 Å². The van der Waals surface area contributed by atoms with Crippen LogP contribution in [0.3, 0.4) is 0 Å². The van der Waals surface area contributed by atoms with Gasteiger partial charge in [0.25, 0.3) is 0 Å². The lowest BCUT2D eigenvalue weighted by molar-refractivity contribution is 0.112. The summed E-state index contributed by atoms with van der Waals surface area (Å²) in [7, 11) is 0. The van der Waals surface area contributed by atoms with Crippen molar-refractivity contribution in [3.63, 3.8) is 0 Å². The normalized spacial score (nSPS) is 11.5. The fourth-order valence-corrected chi connectivity index (χ4v) is 6.02. The predicted molar refractivity (Wildman–Crippen MR) is 86.9 cm³/mol. The molecule has 0 spiro atoms. The zero-order valence-electron chi connectivity index (χ0n) is 10.5. The second-order valence-electron chi connectivity index (χ2n) is 4.27. The van der Waals surface area contributed by atoms with Crippen molar-refractivity contribution in [3.05, 3.63) is 17.0 Å². The van der Waals surface area contributed by atoms with Crippen LogP contribution in [0.1, 0.15) is 9.67 Å². The van der Waals surface area contributed by atoms with Crippen LogP contribution in [0.4, 0.5) is 5.00 Å². The molecule has 0 fully saturated rings. The number of carbonyl (C=O) groups excluding carboxylic acids is 1. The van der Waals surface area contributed by atoms with Gasteiger partial charge in [-0.2, -0.15) is 0 Å². The molecule has 20 heavy (non-hydrogen) atoms. The molecule has 0 aromatic carbocycles. The zero-order chi connectivity index (χ0) is 14.1. The molecule has 0 radical (unpaired) electrons. The lowest BCUT2D eigenvalue weighted by Gasteiger charge is -2.20. The molecule has 0 unspecified atom stereocenters. The van der Waals surface area contributed by atoms with Crippen molar-refractivity contribution in [2.24, 2.45) is 0 Å². The van der Waals surface area contributed by atoms with Crippen molar-refractivity contribution in [2.45, 2.75) is 0 Å². The third-order valence-corrected chi connectivity index (χ3v) is 6.76. The van der Waals surface area contributed by atoms with Gasteiger partial charge in [-0.05, 0) is 12.1 Å². The van der Waals surface area contributed by atoms with Crippen molar-refractivity contribution >= 4 is 64.1 Å².